The number of benzene rings is 2. The van der Waals surface area contributed by atoms with E-state index < -0.39 is 0 Å². The summed E-state index contributed by atoms with van der Waals surface area (Å²) in [6.45, 7) is 2.46. The van der Waals surface area contributed by atoms with E-state index in [9.17, 15) is 4.79 Å². The quantitative estimate of drug-likeness (QED) is 0.766. The second-order valence-corrected chi connectivity index (χ2v) is 6.79. The van der Waals surface area contributed by atoms with Gasteiger partial charge in [0.2, 0.25) is 0 Å². The molecule has 0 radical (unpaired) electrons. The minimum Gasteiger partial charge on any atom is -0.484 e. The highest BCUT2D eigenvalue weighted by molar-refractivity contribution is 5.83. The largest absolute Gasteiger partial charge is 0.484 e. The van der Waals surface area contributed by atoms with E-state index in [2.05, 4.69) is 22.4 Å². The number of fused-ring (bicyclic) bond motifs is 2. The molecule has 0 fully saturated rings. The summed E-state index contributed by atoms with van der Waals surface area (Å²) in [6.07, 6.45) is 3.46. The molecule has 1 aliphatic rings. The van der Waals surface area contributed by atoms with Crippen molar-refractivity contribution in [2.75, 3.05) is 6.61 Å². The Hall–Kier alpha value is -2.88. The highest BCUT2D eigenvalue weighted by atomic mass is 16.5. The highest BCUT2D eigenvalue weighted by Crippen LogP contribution is 2.26. The van der Waals surface area contributed by atoms with Gasteiger partial charge in [-0.2, -0.15) is 0 Å². The van der Waals surface area contributed by atoms with Crippen LogP contribution in [0.15, 0.2) is 48.5 Å². The average molecular weight is 346 g/mol. The molecule has 4 nitrogen and oxygen atoms in total. The van der Waals surface area contributed by atoms with Crippen molar-refractivity contribution < 1.29 is 9.53 Å². The predicted octanol–water partition coefficient (Wildman–Crippen LogP) is 3.73. The van der Waals surface area contributed by atoms with Gasteiger partial charge in [-0.05, 0) is 67.1 Å². The van der Waals surface area contributed by atoms with Crippen LogP contribution in [0, 0.1) is 6.92 Å². The van der Waals surface area contributed by atoms with Crippen LogP contribution < -0.4 is 10.1 Å². The van der Waals surface area contributed by atoms with Crippen molar-refractivity contribution in [1.29, 1.82) is 0 Å². The Morgan fingerprint density at radius 3 is 2.88 bits per heavy atom. The molecule has 1 heterocycles. The smallest absolute Gasteiger partial charge is 0.258 e. The van der Waals surface area contributed by atoms with Crippen molar-refractivity contribution in [3.8, 4) is 5.75 Å². The van der Waals surface area contributed by atoms with Crippen LogP contribution in [0.1, 0.15) is 28.8 Å². The number of para-hydroxylation sites is 1. The van der Waals surface area contributed by atoms with Crippen LogP contribution in [0.2, 0.25) is 0 Å². The molecular formula is C22H22N2O2. The molecule has 0 spiro atoms. The summed E-state index contributed by atoms with van der Waals surface area (Å²) in [4.78, 5) is 16.7. The van der Waals surface area contributed by atoms with E-state index in [0.29, 0.717) is 6.54 Å². The number of rotatable bonds is 5. The first-order valence-corrected chi connectivity index (χ1v) is 9.05. The number of ether oxygens (including phenoxy) is 1. The SMILES string of the molecule is Cc1cc(CNC(=O)COc2ccc3c(c2)CCC3)c2ccccc2n1. The topological polar surface area (TPSA) is 51.2 Å². The molecule has 1 aliphatic carbocycles. The fraction of sp³-hybridized carbons (Fsp3) is 0.273. The number of nitrogens with zero attached hydrogens (tertiary/aromatic N) is 1. The van der Waals surface area contributed by atoms with Gasteiger partial charge in [0.05, 0.1) is 5.52 Å². The second kappa shape index (κ2) is 7.16. The van der Waals surface area contributed by atoms with Crippen molar-refractivity contribution in [1.82, 2.24) is 10.3 Å². The fourth-order valence-electron chi connectivity index (χ4n) is 3.57. The molecule has 4 rings (SSSR count). The van der Waals surface area contributed by atoms with Gasteiger partial charge in [0.1, 0.15) is 5.75 Å². The molecular weight excluding hydrogens is 324 g/mol. The molecule has 0 aliphatic heterocycles. The number of pyridine rings is 1. The highest BCUT2D eigenvalue weighted by Gasteiger charge is 2.12. The monoisotopic (exact) mass is 346 g/mol. The minimum absolute atomic E-state index is 0.0286. The molecule has 132 valence electrons. The fourth-order valence-corrected chi connectivity index (χ4v) is 3.57. The molecule has 26 heavy (non-hydrogen) atoms. The summed E-state index contributed by atoms with van der Waals surface area (Å²) in [7, 11) is 0. The average Bonchev–Trinajstić information content (AvgIpc) is 3.12. The lowest BCUT2D eigenvalue weighted by Crippen LogP contribution is -2.28. The third-order valence-electron chi connectivity index (χ3n) is 4.85. The Morgan fingerprint density at radius 1 is 1.12 bits per heavy atom. The molecule has 1 N–H and O–H groups in total. The summed E-state index contributed by atoms with van der Waals surface area (Å²) >= 11 is 0. The van der Waals surface area contributed by atoms with E-state index in [1.807, 2.05) is 43.3 Å². The first-order valence-electron chi connectivity index (χ1n) is 9.05. The van der Waals surface area contributed by atoms with Gasteiger partial charge in [0, 0.05) is 17.6 Å². The zero-order valence-corrected chi connectivity index (χ0v) is 14.9. The molecule has 0 atom stereocenters. The molecule has 0 bridgehead atoms. The van der Waals surface area contributed by atoms with Crippen LogP contribution in [0.4, 0.5) is 0 Å². The molecule has 0 saturated heterocycles. The van der Waals surface area contributed by atoms with Gasteiger partial charge in [-0.15, -0.1) is 0 Å². The van der Waals surface area contributed by atoms with E-state index >= 15 is 0 Å². The number of aryl methyl sites for hydroxylation is 3. The molecule has 3 aromatic rings. The first kappa shape index (κ1) is 16.6. The number of carbonyl (C=O) groups excluding carboxylic acids is 1. The number of hydrogen-bond donors (Lipinski definition) is 1. The van der Waals surface area contributed by atoms with Crippen LogP contribution in [0.3, 0.4) is 0 Å². The lowest BCUT2D eigenvalue weighted by molar-refractivity contribution is -0.123. The van der Waals surface area contributed by atoms with E-state index in [-0.39, 0.29) is 12.5 Å². The maximum atomic E-state index is 12.2. The van der Waals surface area contributed by atoms with Gasteiger partial charge in [0.25, 0.3) is 5.91 Å². The van der Waals surface area contributed by atoms with Crippen LogP contribution >= 0.6 is 0 Å². The standard InChI is InChI=1S/C22H22N2O2/c1-15-11-18(20-7-2-3-8-21(20)24-15)13-23-22(25)14-26-19-10-9-16-5-4-6-17(16)12-19/h2-3,7-12H,4-6,13-14H2,1H3,(H,23,25). The van der Waals surface area contributed by atoms with Gasteiger partial charge in [-0.25, -0.2) is 0 Å². The lowest BCUT2D eigenvalue weighted by Gasteiger charge is -2.11. The summed E-state index contributed by atoms with van der Waals surface area (Å²) in [5.74, 6) is 0.648. The third kappa shape index (κ3) is 3.54. The Bertz CT molecular complexity index is 966. The Labute approximate surface area is 153 Å². The maximum absolute atomic E-state index is 12.2. The molecule has 1 aromatic heterocycles. The zero-order chi connectivity index (χ0) is 17.9. The zero-order valence-electron chi connectivity index (χ0n) is 14.9. The third-order valence-corrected chi connectivity index (χ3v) is 4.85. The number of nitrogens with one attached hydrogen (secondary N) is 1. The number of carbonyl (C=O) groups is 1. The number of hydrogen-bond acceptors (Lipinski definition) is 3. The molecule has 0 saturated carbocycles. The van der Waals surface area contributed by atoms with Gasteiger partial charge >= 0.3 is 0 Å². The van der Waals surface area contributed by atoms with Crippen molar-refractivity contribution >= 4 is 16.8 Å². The predicted molar refractivity (Wildman–Crippen MR) is 102 cm³/mol. The van der Waals surface area contributed by atoms with Crippen LogP contribution in [-0.2, 0) is 24.2 Å². The molecule has 0 unspecified atom stereocenters. The van der Waals surface area contributed by atoms with E-state index in [0.717, 1.165) is 40.8 Å². The maximum Gasteiger partial charge on any atom is 0.258 e. The lowest BCUT2D eigenvalue weighted by atomic mass is 10.1. The molecule has 4 heteroatoms. The van der Waals surface area contributed by atoms with Crippen LogP contribution in [0.5, 0.6) is 5.75 Å². The van der Waals surface area contributed by atoms with E-state index in [1.54, 1.807) is 0 Å². The van der Waals surface area contributed by atoms with Gasteiger partial charge in [-0.3, -0.25) is 9.78 Å². The second-order valence-electron chi connectivity index (χ2n) is 6.79. The summed E-state index contributed by atoms with van der Waals surface area (Å²) in [5.41, 5.74) is 5.72. The first-order chi connectivity index (χ1) is 12.7. The van der Waals surface area contributed by atoms with E-state index in [4.69, 9.17) is 4.74 Å². The van der Waals surface area contributed by atoms with Gasteiger partial charge in [0.15, 0.2) is 6.61 Å². The number of aromatic nitrogens is 1. The van der Waals surface area contributed by atoms with Gasteiger partial charge in [-0.1, -0.05) is 24.3 Å². The molecule has 2 aromatic carbocycles. The molecule has 1 amide bonds. The normalized spacial score (nSPS) is 12.8. The van der Waals surface area contributed by atoms with Crippen molar-refractivity contribution in [2.24, 2.45) is 0 Å². The van der Waals surface area contributed by atoms with E-state index in [1.165, 1.54) is 17.5 Å². The van der Waals surface area contributed by atoms with Crippen LogP contribution in [0.25, 0.3) is 10.9 Å². The Morgan fingerprint density at radius 2 is 1.96 bits per heavy atom. The van der Waals surface area contributed by atoms with Crippen molar-refractivity contribution in [3.05, 3.63) is 70.9 Å². The van der Waals surface area contributed by atoms with Crippen molar-refractivity contribution in [3.63, 3.8) is 0 Å². The Balaban J connectivity index is 1.37. The summed E-state index contributed by atoms with van der Waals surface area (Å²) in [5, 5.41) is 4.02. The van der Waals surface area contributed by atoms with Gasteiger partial charge < -0.3 is 10.1 Å². The van der Waals surface area contributed by atoms with Crippen LogP contribution in [-0.4, -0.2) is 17.5 Å². The van der Waals surface area contributed by atoms with Crippen molar-refractivity contribution in [2.45, 2.75) is 32.7 Å². The summed E-state index contributed by atoms with van der Waals surface area (Å²) in [6, 6.07) is 16.1. The number of amides is 1. The summed E-state index contributed by atoms with van der Waals surface area (Å²) < 4.78 is 5.67. The minimum atomic E-state index is -0.121. The Kier molecular flexibility index (Phi) is 4.57.